The summed E-state index contributed by atoms with van der Waals surface area (Å²) in [5.74, 6) is -2.52. The molecule has 0 unspecified atom stereocenters. The van der Waals surface area contributed by atoms with Gasteiger partial charge < -0.3 is 28.8 Å². The summed E-state index contributed by atoms with van der Waals surface area (Å²) in [4.78, 5) is 51.1. The fourth-order valence-electron chi connectivity index (χ4n) is 9.88. The molecular weight excluding hydrogens is 865 g/mol. The molecule has 68 heavy (non-hydrogen) atoms. The van der Waals surface area contributed by atoms with Crippen molar-refractivity contribution in [3.05, 3.63) is 153 Å². The van der Waals surface area contributed by atoms with Crippen LogP contribution in [0.25, 0.3) is 11.3 Å². The second kappa shape index (κ2) is 18.4. The number of halogens is 2. The van der Waals surface area contributed by atoms with Crippen LogP contribution in [0.2, 0.25) is 0 Å². The Hall–Kier alpha value is -7.24. The topological polar surface area (TPSA) is 127 Å². The number of amides is 3. The van der Waals surface area contributed by atoms with E-state index in [-0.39, 0.29) is 48.9 Å². The summed E-state index contributed by atoms with van der Waals surface area (Å²) in [6.07, 6.45) is 1.31. The Kier molecular flexibility index (Phi) is 12.5. The van der Waals surface area contributed by atoms with E-state index in [2.05, 4.69) is 31.2 Å². The lowest BCUT2D eigenvalue weighted by Gasteiger charge is -2.36. The number of rotatable bonds is 11. The van der Waals surface area contributed by atoms with Crippen molar-refractivity contribution in [1.29, 1.82) is 5.26 Å². The van der Waals surface area contributed by atoms with E-state index in [1.165, 1.54) is 17.7 Å². The number of carbonyl (C=O) groups is 3. The molecule has 350 valence electrons. The maximum Gasteiger partial charge on any atom is 0.264 e. The third-order valence-electron chi connectivity index (χ3n) is 14.1. The first-order valence-electron chi connectivity index (χ1n) is 23.1. The Morgan fingerprint density at radius 1 is 0.853 bits per heavy atom. The summed E-state index contributed by atoms with van der Waals surface area (Å²) in [5.41, 5.74) is 10.1. The predicted octanol–water partition coefficient (Wildman–Crippen LogP) is 8.64. The monoisotopic (exact) mass is 919 g/mol. The predicted molar refractivity (Wildman–Crippen MR) is 255 cm³/mol. The van der Waals surface area contributed by atoms with E-state index in [9.17, 15) is 23.9 Å². The highest BCUT2D eigenvalue weighted by Crippen LogP contribution is 2.39. The molecule has 4 aromatic carbocycles. The van der Waals surface area contributed by atoms with Crippen LogP contribution in [-0.2, 0) is 51.2 Å². The van der Waals surface area contributed by atoms with Crippen LogP contribution in [0.4, 0.5) is 20.2 Å². The normalized spacial score (nSPS) is 16.5. The number of phenolic OH excluding ortho intramolecular Hbond substituents is 1. The fraction of sp³-hybridized carbons (Fsp3) is 0.333. The van der Waals surface area contributed by atoms with Crippen LogP contribution in [0.5, 0.6) is 11.5 Å². The number of carbonyl (C=O) groups excluding carboxylic acids is 3. The van der Waals surface area contributed by atoms with Crippen molar-refractivity contribution in [3.63, 3.8) is 0 Å². The van der Waals surface area contributed by atoms with Gasteiger partial charge in [-0.3, -0.25) is 24.2 Å². The average Bonchev–Trinajstić information content (AvgIpc) is 3.94. The quantitative estimate of drug-likeness (QED) is 0.138. The Morgan fingerprint density at radius 2 is 1.59 bits per heavy atom. The Bertz CT molecular complexity index is 2970. The van der Waals surface area contributed by atoms with E-state index in [0.717, 1.165) is 22.3 Å². The number of nitriles is 1. The summed E-state index contributed by atoms with van der Waals surface area (Å²) >= 11 is 0. The molecule has 5 heterocycles. The lowest BCUT2D eigenvalue weighted by atomic mass is 9.89. The maximum atomic E-state index is 15.2. The lowest BCUT2D eigenvalue weighted by Crippen LogP contribution is -2.43. The molecule has 0 radical (unpaired) electrons. The van der Waals surface area contributed by atoms with Crippen molar-refractivity contribution < 1.29 is 33.0 Å². The minimum Gasteiger partial charge on any atom is -0.508 e. The van der Waals surface area contributed by atoms with Crippen LogP contribution >= 0.6 is 0 Å². The number of hydrogen-bond acceptors (Lipinski definition) is 7. The van der Waals surface area contributed by atoms with E-state index in [4.69, 9.17) is 4.74 Å². The zero-order chi connectivity index (χ0) is 48.0. The molecular formula is C54H55F2N7O5. The van der Waals surface area contributed by atoms with Gasteiger partial charge >= 0.3 is 0 Å². The largest absolute Gasteiger partial charge is 0.508 e. The molecule has 0 bridgehead atoms. The molecule has 3 aliphatic heterocycles. The van der Waals surface area contributed by atoms with Crippen molar-refractivity contribution in [2.45, 2.75) is 71.5 Å². The average molecular weight is 920 g/mol. The molecule has 0 aliphatic carbocycles. The van der Waals surface area contributed by atoms with Crippen LogP contribution in [-0.4, -0.2) is 91.4 Å². The molecule has 3 aliphatic rings. The Morgan fingerprint density at radius 3 is 2.28 bits per heavy atom. The summed E-state index contributed by atoms with van der Waals surface area (Å²) in [5, 5.41) is 20.1. The number of benzene rings is 4. The van der Waals surface area contributed by atoms with Gasteiger partial charge in [0.15, 0.2) is 0 Å². The molecule has 1 fully saturated rings. The van der Waals surface area contributed by atoms with Gasteiger partial charge in [-0.1, -0.05) is 36.4 Å². The molecule has 0 saturated carbocycles. The molecule has 1 N–H and O–H groups in total. The van der Waals surface area contributed by atoms with Crippen LogP contribution in [0.15, 0.2) is 97.1 Å². The highest BCUT2D eigenvalue weighted by Gasteiger charge is 2.38. The number of fused-ring (bicyclic) bond motifs is 2. The van der Waals surface area contributed by atoms with Crippen molar-refractivity contribution >= 4 is 29.1 Å². The molecule has 1 atom stereocenters. The van der Waals surface area contributed by atoms with Gasteiger partial charge in [0.05, 0.1) is 24.2 Å². The highest BCUT2D eigenvalue weighted by molar-refractivity contribution is 6.13. The molecule has 6 aromatic rings. The second-order valence-electron chi connectivity index (χ2n) is 18.5. The number of hydrogen-bond donors (Lipinski definition) is 1. The molecule has 1 saturated heterocycles. The van der Waals surface area contributed by atoms with Crippen LogP contribution in [0.3, 0.4) is 0 Å². The van der Waals surface area contributed by atoms with Gasteiger partial charge in [0, 0.05) is 93.2 Å². The number of ether oxygens (including phenoxy) is 1. The molecule has 0 spiro atoms. The van der Waals surface area contributed by atoms with E-state index < -0.39 is 5.92 Å². The number of aromatic nitrogens is 2. The second-order valence-corrected chi connectivity index (χ2v) is 18.5. The molecule has 12 nitrogen and oxygen atoms in total. The fourth-order valence-corrected chi connectivity index (χ4v) is 9.88. The Balaban J connectivity index is 1.02. The number of alkyl halides is 2. The Labute approximate surface area is 395 Å². The van der Waals surface area contributed by atoms with Crippen molar-refractivity contribution in [2.24, 2.45) is 14.1 Å². The van der Waals surface area contributed by atoms with Gasteiger partial charge in [0.1, 0.15) is 29.9 Å². The van der Waals surface area contributed by atoms with Crippen LogP contribution in [0, 0.1) is 25.2 Å². The van der Waals surface area contributed by atoms with Crippen molar-refractivity contribution in [3.8, 4) is 28.8 Å². The molecule has 2 aromatic heterocycles. The number of nitrogens with zero attached hydrogens (tertiary/aromatic N) is 7. The maximum absolute atomic E-state index is 15.2. The SMILES string of the molecule is Cc1c(N(C(=O)c2cc(-c3cc4c(cc3C(=O)N3Cc5ccccc5C[C@H]3C)CN(C(=O)Cc3ccc(OCCN5CCC(F)(F)C5)cc3)CC4)n(C)c2C)c2ccc(O)cc2)cc(C#N)n1C. The molecule has 9 rings (SSSR count). The number of likely N-dealkylation sites (tertiary alicyclic amines) is 1. The minimum absolute atomic E-state index is 0.0485. The number of anilines is 2. The van der Waals surface area contributed by atoms with Crippen molar-refractivity contribution in [1.82, 2.24) is 23.8 Å². The van der Waals surface area contributed by atoms with E-state index >= 15 is 9.59 Å². The van der Waals surface area contributed by atoms with E-state index in [1.54, 1.807) is 51.7 Å². The van der Waals surface area contributed by atoms with Gasteiger partial charge in [-0.15, -0.1) is 0 Å². The smallest absolute Gasteiger partial charge is 0.264 e. The zero-order valence-corrected chi connectivity index (χ0v) is 39.1. The van der Waals surface area contributed by atoms with Gasteiger partial charge in [-0.2, -0.15) is 5.26 Å². The highest BCUT2D eigenvalue weighted by atomic mass is 19.3. The first-order chi connectivity index (χ1) is 32.6. The lowest BCUT2D eigenvalue weighted by molar-refractivity contribution is -0.131. The van der Waals surface area contributed by atoms with Crippen molar-refractivity contribution in [2.75, 3.05) is 37.7 Å². The van der Waals surface area contributed by atoms with E-state index in [0.29, 0.717) is 109 Å². The molecule has 14 heteroatoms. The van der Waals surface area contributed by atoms with Crippen LogP contribution in [0.1, 0.15) is 79.0 Å². The standard InChI is InChI=1S/C54H55F2N7O5/c1-34-24-38-8-6-7-9-40(38)32-62(34)52(66)48-27-41-31-61(51(65)25-37-10-16-45(17-11-37)68-23-22-60-21-19-54(55,56)33-60)20-18-39(41)26-47(48)50-29-46(35(2)59(50)5)53(67)63(42-12-14-44(64)15-13-42)49-28-43(30-57)58(4)36(49)3/h6-17,26-29,34,64H,18-25,31-33H2,1-5H3/t34-/m1/s1. The number of aromatic hydroxyl groups is 1. The summed E-state index contributed by atoms with van der Waals surface area (Å²) < 4.78 is 36.7. The van der Waals surface area contributed by atoms with Gasteiger partial charge in [0.2, 0.25) is 5.91 Å². The van der Waals surface area contributed by atoms with E-state index in [1.807, 2.05) is 71.7 Å². The van der Waals surface area contributed by atoms with Gasteiger partial charge in [0.25, 0.3) is 17.7 Å². The molecule has 3 amide bonds. The zero-order valence-electron chi connectivity index (χ0n) is 39.1. The third-order valence-corrected chi connectivity index (χ3v) is 14.1. The first-order valence-corrected chi connectivity index (χ1v) is 23.1. The number of phenols is 1. The summed E-state index contributed by atoms with van der Waals surface area (Å²) in [7, 11) is 3.66. The summed E-state index contributed by atoms with van der Waals surface area (Å²) in [6, 6.07) is 31.5. The third kappa shape index (κ3) is 8.98. The van der Waals surface area contributed by atoms with Gasteiger partial charge in [-0.05, 0) is 122 Å². The first kappa shape index (κ1) is 45.9. The minimum atomic E-state index is -2.64. The summed E-state index contributed by atoms with van der Waals surface area (Å²) in [6.45, 7) is 7.84. The van der Waals surface area contributed by atoms with Gasteiger partial charge in [-0.25, -0.2) is 8.78 Å². The van der Waals surface area contributed by atoms with Crippen LogP contribution < -0.4 is 9.64 Å².